The van der Waals surface area contributed by atoms with Gasteiger partial charge in [-0.1, -0.05) is 0 Å². The molecule has 0 bridgehead atoms. The first-order valence-electron chi connectivity index (χ1n) is 4.08. The van der Waals surface area contributed by atoms with Crippen molar-refractivity contribution < 1.29 is 17.0 Å². The van der Waals surface area contributed by atoms with Gasteiger partial charge in [-0.25, -0.2) is 0 Å². The first-order valence-corrected chi connectivity index (χ1v) is 4.78. The molecule has 0 N–H and O–H groups in total. The van der Waals surface area contributed by atoms with Crippen LogP contribution >= 0.6 is 0 Å². The van der Waals surface area contributed by atoms with E-state index in [0.717, 1.165) is 0 Å². The zero-order chi connectivity index (χ0) is 9.46. The van der Waals surface area contributed by atoms with Crippen molar-refractivity contribution in [1.29, 1.82) is 0 Å². The molecule has 0 spiro atoms. The fraction of sp³-hybridized carbons (Fsp3) is 0.364. The van der Waals surface area contributed by atoms with E-state index in [-0.39, 0.29) is 0 Å². The summed E-state index contributed by atoms with van der Waals surface area (Å²) in [7, 11) is 0. The Morgan fingerprint density at radius 3 is 1.50 bits per heavy atom. The Labute approximate surface area is 83.6 Å². The van der Waals surface area contributed by atoms with Crippen LogP contribution in [0, 0.1) is 0 Å². The van der Waals surface area contributed by atoms with Crippen LogP contribution in [0.15, 0.2) is 34.4 Å². The summed E-state index contributed by atoms with van der Waals surface area (Å²) in [5, 5.41) is 0. The molecule has 0 atom stereocenters. The van der Waals surface area contributed by atoms with E-state index in [9.17, 15) is 0 Å². The van der Waals surface area contributed by atoms with Gasteiger partial charge in [-0.15, -0.1) is 0 Å². The molecule has 1 rings (SSSR count). The van der Waals surface area contributed by atoms with Crippen molar-refractivity contribution in [2.45, 2.75) is 27.7 Å². The second-order valence-electron chi connectivity index (χ2n) is 3.33. The normalized spacial score (nSPS) is 19.2. The van der Waals surface area contributed by atoms with Gasteiger partial charge in [-0.3, -0.25) is 0 Å². The predicted molar refractivity (Wildman–Crippen MR) is 50.9 cm³/mol. The fourth-order valence-corrected chi connectivity index (χ4v) is 1.89. The van der Waals surface area contributed by atoms with Crippen molar-refractivity contribution in [3.05, 3.63) is 34.4 Å². The number of allylic oxidation sites excluding steroid dienone is 5. The second-order valence-corrected chi connectivity index (χ2v) is 4.03. The quantitative estimate of drug-likeness (QED) is 0.560. The number of rotatable bonds is 0. The van der Waals surface area contributed by atoms with Crippen molar-refractivity contribution >= 4 is 4.23 Å². The molecule has 0 amide bonds. The van der Waals surface area contributed by atoms with E-state index >= 15 is 0 Å². The van der Waals surface area contributed by atoms with E-state index in [1.54, 1.807) is 0 Å². The maximum atomic E-state index is 4.08. The third-order valence-electron chi connectivity index (χ3n) is 2.74. The van der Waals surface area contributed by atoms with E-state index in [1.165, 1.54) is 32.1 Å². The van der Waals surface area contributed by atoms with Crippen LogP contribution in [0.25, 0.3) is 0 Å². The molecule has 0 saturated carbocycles. The van der Waals surface area contributed by atoms with E-state index in [2.05, 4.69) is 51.3 Å². The molecule has 0 heterocycles. The Balaban J connectivity index is 3.32. The van der Waals surface area contributed by atoms with Gasteiger partial charge in [0.2, 0.25) is 0 Å². The molecule has 1 aliphatic rings. The first kappa shape index (κ1) is 9.76. The number of hydrogen-bond acceptors (Lipinski definition) is 0. The molecule has 63 valence electrons. The second kappa shape index (κ2) is 3.20. The molecule has 12 heavy (non-hydrogen) atoms. The molecule has 1 heteroatoms. The molecule has 0 unspecified atom stereocenters. The summed E-state index contributed by atoms with van der Waals surface area (Å²) in [6, 6.07) is 0. The third kappa shape index (κ3) is 1.30. The van der Waals surface area contributed by atoms with Gasteiger partial charge in [-0.2, -0.15) is 0 Å². The number of hydrogen-bond donors (Lipinski definition) is 0. The zero-order valence-corrected chi connectivity index (χ0v) is 9.55. The Bertz CT molecular complexity index is 265. The summed E-state index contributed by atoms with van der Waals surface area (Å²) in [5.41, 5.74) is 6.58. The molecule has 0 fully saturated rings. The van der Waals surface area contributed by atoms with Gasteiger partial charge < -0.3 is 0 Å². The Hall–Kier alpha value is -0.326. The van der Waals surface area contributed by atoms with E-state index in [1.807, 2.05) is 0 Å². The van der Waals surface area contributed by atoms with Crippen molar-refractivity contribution in [2.75, 3.05) is 0 Å². The van der Waals surface area contributed by atoms with Crippen molar-refractivity contribution in [2.24, 2.45) is 0 Å². The van der Waals surface area contributed by atoms with Crippen molar-refractivity contribution in [3.8, 4) is 0 Å². The first-order chi connectivity index (χ1) is 5.46. The van der Waals surface area contributed by atoms with Crippen LogP contribution in [0.3, 0.4) is 0 Å². The molecule has 0 aliphatic heterocycles. The van der Waals surface area contributed by atoms with Gasteiger partial charge in [0.1, 0.15) is 0 Å². The zero-order valence-electron chi connectivity index (χ0n) is 8.15. The molecule has 0 nitrogen and oxygen atoms in total. The third-order valence-corrected chi connectivity index (χ3v) is 3.79. The van der Waals surface area contributed by atoms with Gasteiger partial charge >= 0.3 is 83.3 Å². The Kier molecular flexibility index (Phi) is 2.60. The average Bonchev–Trinajstić information content (AvgIpc) is 2.08. The van der Waals surface area contributed by atoms with Crippen LogP contribution in [0.2, 0.25) is 0 Å². The summed E-state index contributed by atoms with van der Waals surface area (Å²) in [5.74, 6) is 0. The Morgan fingerprint density at radius 1 is 0.833 bits per heavy atom. The molecule has 0 radical (unpaired) electrons. The van der Waals surface area contributed by atoms with Gasteiger partial charge in [-0.05, 0) is 0 Å². The molecule has 0 aromatic heterocycles. The monoisotopic (exact) mass is 197 g/mol. The summed E-state index contributed by atoms with van der Waals surface area (Å²) in [4.78, 5) is 0. The fourth-order valence-electron chi connectivity index (χ4n) is 1.37. The maximum absolute atomic E-state index is 4.08. The Morgan fingerprint density at radius 2 is 1.17 bits per heavy atom. The van der Waals surface area contributed by atoms with Gasteiger partial charge in [0.25, 0.3) is 0 Å². The van der Waals surface area contributed by atoms with Crippen LogP contribution in [0.4, 0.5) is 0 Å². The van der Waals surface area contributed by atoms with Crippen LogP contribution in [0.5, 0.6) is 0 Å². The van der Waals surface area contributed by atoms with Crippen LogP contribution in [-0.2, 0) is 17.0 Å². The molecular weight excluding hydrogens is 183 g/mol. The summed E-state index contributed by atoms with van der Waals surface area (Å²) in [6.07, 6.45) is 0. The molecule has 1 aliphatic carbocycles. The standard InChI is InChI=1S/C11H14.V/c1-7-6-8(2)10(4)11(5)9(7)3;/h5H2,1-4H3;. The molecule has 0 aromatic carbocycles. The molecule has 0 saturated heterocycles. The molecular formula is C11H14V. The van der Waals surface area contributed by atoms with Gasteiger partial charge in [0.05, 0.1) is 0 Å². The van der Waals surface area contributed by atoms with E-state index in [4.69, 9.17) is 0 Å². The van der Waals surface area contributed by atoms with Crippen LogP contribution < -0.4 is 0 Å². The van der Waals surface area contributed by atoms with Crippen LogP contribution in [-0.4, -0.2) is 4.23 Å². The predicted octanol–water partition coefficient (Wildman–Crippen LogP) is 2.95. The van der Waals surface area contributed by atoms with Gasteiger partial charge in [0.15, 0.2) is 0 Å². The van der Waals surface area contributed by atoms with Crippen molar-refractivity contribution in [3.63, 3.8) is 0 Å². The van der Waals surface area contributed by atoms with E-state index < -0.39 is 0 Å². The summed E-state index contributed by atoms with van der Waals surface area (Å²) < 4.78 is 1.35. The topological polar surface area (TPSA) is 0 Å². The van der Waals surface area contributed by atoms with Crippen LogP contribution in [0.1, 0.15) is 27.7 Å². The average molecular weight is 197 g/mol. The summed E-state index contributed by atoms with van der Waals surface area (Å²) in [6.45, 7) is 12.7. The minimum absolute atomic E-state index is 1.19. The van der Waals surface area contributed by atoms with Crippen molar-refractivity contribution in [1.82, 2.24) is 0 Å². The summed E-state index contributed by atoms with van der Waals surface area (Å²) >= 11 is 2.65. The minimum atomic E-state index is 1.19. The van der Waals surface area contributed by atoms with E-state index in [0.29, 0.717) is 0 Å². The SMILES string of the molecule is C=C1C(C)=C(C)[C](=[V])C(C)=C1C. The van der Waals surface area contributed by atoms with Gasteiger partial charge in [0, 0.05) is 0 Å². The molecule has 0 aromatic rings.